The number of nitrogens with one attached hydrogen (secondary N) is 1. The van der Waals surface area contributed by atoms with Gasteiger partial charge in [-0.1, -0.05) is 13.8 Å². The van der Waals surface area contributed by atoms with Crippen LogP contribution in [-0.4, -0.2) is 26.0 Å². The Hall–Kier alpha value is 0.270. The van der Waals surface area contributed by atoms with E-state index in [1.54, 1.807) is 7.11 Å². The van der Waals surface area contributed by atoms with E-state index in [0.29, 0.717) is 0 Å². The standard InChI is InChI=1S/C8H19NOS/c1-8(2)4-5-9-6-7-11-10-3/h8-9H,4-7H2,1-3H3. The van der Waals surface area contributed by atoms with E-state index in [1.165, 1.54) is 18.5 Å². The summed E-state index contributed by atoms with van der Waals surface area (Å²) in [6, 6.07) is 0. The zero-order valence-corrected chi connectivity index (χ0v) is 8.54. The zero-order chi connectivity index (χ0) is 8.53. The minimum Gasteiger partial charge on any atom is -0.319 e. The van der Waals surface area contributed by atoms with E-state index in [1.807, 2.05) is 0 Å². The summed E-state index contributed by atoms with van der Waals surface area (Å²) in [5.41, 5.74) is 0. The molecule has 0 aliphatic heterocycles. The van der Waals surface area contributed by atoms with Crippen molar-refractivity contribution in [3.05, 3.63) is 0 Å². The van der Waals surface area contributed by atoms with Crippen LogP contribution in [0.1, 0.15) is 20.3 Å². The fraction of sp³-hybridized carbons (Fsp3) is 1.00. The van der Waals surface area contributed by atoms with Crippen molar-refractivity contribution in [2.75, 3.05) is 26.0 Å². The van der Waals surface area contributed by atoms with Crippen molar-refractivity contribution in [2.45, 2.75) is 20.3 Å². The second-order valence-electron chi connectivity index (χ2n) is 2.92. The SMILES string of the molecule is COSCCNCCC(C)C. The summed E-state index contributed by atoms with van der Waals surface area (Å²) >= 11 is 1.50. The van der Waals surface area contributed by atoms with E-state index in [2.05, 4.69) is 19.2 Å². The lowest BCUT2D eigenvalue weighted by atomic mass is 10.1. The zero-order valence-electron chi connectivity index (χ0n) is 7.72. The monoisotopic (exact) mass is 177 g/mol. The van der Waals surface area contributed by atoms with Crippen molar-refractivity contribution in [1.82, 2.24) is 5.32 Å². The van der Waals surface area contributed by atoms with Crippen LogP contribution in [0.2, 0.25) is 0 Å². The molecule has 11 heavy (non-hydrogen) atoms. The van der Waals surface area contributed by atoms with Crippen LogP contribution in [0.4, 0.5) is 0 Å². The minimum atomic E-state index is 0.803. The van der Waals surface area contributed by atoms with Crippen LogP contribution in [0.5, 0.6) is 0 Å². The van der Waals surface area contributed by atoms with Gasteiger partial charge < -0.3 is 9.50 Å². The highest BCUT2D eigenvalue weighted by molar-refractivity contribution is 7.94. The topological polar surface area (TPSA) is 21.3 Å². The minimum absolute atomic E-state index is 0.803. The Morgan fingerprint density at radius 1 is 1.36 bits per heavy atom. The normalized spacial score (nSPS) is 10.9. The summed E-state index contributed by atoms with van der Waals surface area (Å²) in [5.74, 6) is 1.84. The molecular weight excluding hydrogens is 158 g/mol. The quantitative estimate of drug-likeness (QED) is 0.474. The second-order valence-corrected chi connectivity index (χ2v) is 3.90. The highest BCUT2D eigenvalue weighted by Gasteiger charge is 1.92. The van der Waals surface area contributed by atoms with E-state index in [9.17, 15) is 0 Å². The summed E-state index contributed by atoms with van der Waals surface area (Å²) in [6.07, 6.45) is 1.26. The fourth-order valence-corrected chi connectivity index (χ4v) is 1.11. The first-order chi connectivity index (χ1) is 5.27. The molecule has 0 amide bonds. The molecule has 0 radical (unpaired) electrons. The fourth-order valence-electron chi connectivity index (χ4n) is 0.713. The molecule has 0 saturated heterocycles. The van der Waals surface area contributed by atoms with E-state index in [-0.39, 0.29) is 0 Å². The molecule has 2 nitrogen and oxygen atoms in total. The van der Waals surface area contributed by atoms with Crippen molar-refractivity contribution in [1.29, 1.82) is 0 Å². The van der Waals surface area contributed by atoms with Crippen LogP contribution >= 0.6 is 12.0 Å². The van der Waals surface area contributed by atoms with Gasteiger partial charge in [0.25, 0.3) is 0 Å². The van der Waals surface area contributed by atoms with Crippen molar-refractivity contribution in [2.24, 2.45) is 5.92 Å². The van der Waals surface area contributed by atoms with E-state index in [0.717, 1.165) is 24.8 Å². The molecule has 1 N–H and O–H groups in total. The van der Waals surface area contributed by atoms with Crippen LogP contribution in [0.3, 0.4) is 0 Å². The van der Waals surface area contributed by atoms with Gasteiger partial charge in [-0.2, -0.15) is 0 Å². The first-order valence-electron chi connectivity index (χ1n) is 4.13. The number of hydrogen-bond donors (Lipinski definition) is 1. The molecule has 0 spiro atoms. The Bertz CT molecular complexity index is 78.5. The molecule has 68 valence electrons. The largest absolute Gasteiger partial charge is 0.319 e. The van der Waals surface area contributed by atoms with Crippen molar-refractivity contribution in [3.8, 4) is 0 Å². The lowest BCUT2D eigenvalue weighted by Crippen LogP contribution is -2.19. The molecule has 0 atom stereocenters. The summed E-state index contributed by atoms with van der Waals surface area (Å²) in [6.45, 7) is 6.66. The van der Waals surface area contributed by atoms with Gasteiger partial charge in [0.05, 0.1) is 7.11 Å². The van der Waals surface area contributed by atoms with Crippen LogP contribution in [0.25, 0.3) is 0 Å². The average Bonchev–Trinajstić information content (AvgIpc) is 1.96. The predicted molar refractivity (Wildman–Crippen MR) is 51.8 cm³/mol. The van der Waals surface area contributed by atoms with Gasteiger partial charge in [-0.15, -0.1) is 0 Å². The molecule has 0 aliphatic rings. The summed E-state index contributed by atoms with van der Waals surface area (Å²) in [7, 11) is 1.71. The molecule has 0 aromatic carbocycles. The summed E-state index contributed by atoms with van der Waals surface area (Å²) in [5, 5.41) is 3.35. The van der Waals surface area contributed by atoms with Gasteiger partial charge in [0, 0.05) is 12.3 Å². The smallest absolute Gasteiger partial charge is 0.0503 e. The molecule has 0 aliphatic carbocycles. The van der Waals surface area contributed by atoms with Gasteiger partial charge in [-0.3, -0.25) is 0 Å². The van der Waals surface area contributed by atoms with Gasteiger partial charge >= 0.3 is 0 Å². The lowest BCUT2D eigenvalue weighted by Gasteiger charge is -2.05. The third-order valence-corrected chi connectivity index (χ3v) is 1.98. The Morgan fingerprint density at radius 2 is 2.09 bits per heavy atom. The second kappa shape index (κ2) is 8.37. The average molecular weight is 177 g/mol. The van der Waals surface area contributed by atoms with Crippen LogP contribution in [-0.2, 0) is 4.18 Å². The van der Waals surface area contributed by atoms with Crippen molar-refractivity contribution in [3.63, 3.8) is 0 Å². The third-order valence-electron chi connectivity index (χ3n) is 1.38. The maximum absolute atomic E-state index is 4.85. The highest BCUT2D eigenvalue weighted by Crippen LogP contribution is 1.98. The molecule has 3 heteroatoms. The Morgan fingerprint density at radius 3 is 2.64 bits per heavy atom. The summed E-state index contributed by atoms with van der Waals surface area (Å²) < 4.78 is 4.85. The maximum atomic E-state index is 4.85. The van der Waals surface area contributed by atoms with E-state index < -0.39 is 0 Å². The van der Waals surface area contributed by atoms with Gasteiger partial charge in [0.2, 0.25) is 0 Å². The molecule has 0 aromatic heterocycles. The predicted octanol–water partition coefficient (Wildman–Crippen LogP) is 1.92. The summed E-state index contributed by atoms with van der Waals surface area (Å²) in [4.78, 5) is 0. The van der Waals surface area contributed by atoms with Crippen LogP contribution < -0.4 is 5.32 Å². The first kappa shape index (κ1) is 11.3. The van der Waals surface area contributed by atoms with E-state index in [4.69, 9.17) is 4.18 Å². The first-order valence-corrected chi connectivity index (χ1v) is 5.04. The molecular formula is C8H19NOS. The van der Waals surface area contributed by atoms with Gasteiger partial charge in [-0.05, 0) is 30.9 Å². The molecule has 0 rings (SSSR count). The molecule has 0 fully saturated rings. The number of rotatable bonds is 7. The maximum Gasteiger partial charge on any atom is 0.0503 e. The number of hydrogen-bond acceptors (Lipinski definition) is 3. The Kier molecular flexibility index (Phi) is 8.57. The molecule has 0 bridgehead atoms. The third kappa shape index (κ3) is 10.3. The molecule has 0 heterocycles. The van der Waals surface area contributed by atoms with Gasteiger partial charge in [0.1, 0.15) is 0 Å². The molecule has 0 unspecified atom stereocenters. The Labute approximate surface area is 74.3 Å². The van der Waals surface area contributed by atoms with Gasteiger partial charge in [0.15, 0.2) is 0 Å². The van der Waals surface area contributed by atoms with Crippen LogP contribution in [0, 0.1) is 5.92 Å². The van der Waals surface area contributed by atoms with Crippen molar-refractivity contribution < 1.29 is 4.18 Å². The van der Waals surface area contributed by atoms with Gasteiger partial charge in [-0.25, -0.2) is 0 Å². The van der Waals surface area contributed by atoms with Crippen LogP contribution in [0.15, 0.2) is 0 Å². The Balaban J connectivity index is 2.80. The van der Waals surface area contributed by atoms with E-state index >= 15 is 0 Å². The van der Waals surface area contributed by atoms with Crippen molar-refractivity contribution >= 4 is 12.0 Å². The lowest BCUT2D eigenvalue weighted by molar-refractivity contribution is 0.487. The highest BCUT2D eigenvalue weighted by atomic mass is 32.2. The molecule has 0 saturated carbocycles. The molecule has 0 aromatic rings.